The quantitative estimate of drug-likeness (QED) is 0.784. The molecular weight excluding hydrogens is 222 g/mol. The van der Waals surface area contributed by atoms with Crippen LogP contribution in [0, 0.1) is 13.8 Å². The molecule has 2 rings (SSSR count). The van der Waals surface area contributed by atoms with Crippen LogP contribution in [0.15, 0.2) is 12.3 Å². The highest BCUT2D eigenvalue weighted by Gasteiger charge is 2.12. The van der Waals surface area contributed by atoms with Crippen molar-refractivity contribution in [2.45, 2.75) is 13.8 Å². The number of aromatic carboxylic acids is 1. The molecular formula is C10H11N5O2. The Balaban J connectivity index is 2.51. The van der Waals surface area contributed by atoms with Crippen molar-refractivity contribution in [3.8, 4) is 5.95 Å². The van der Waals surface area contributed by atoms with Gasteiger partial charge in [-0.3, -0.25) is 0 Å². The number of aryl methyl sites for hydroxylation is 2. The highest BCUT2D eigenvalue weighted by atomic mass is 16.4. The molecule has 2 heterocycles. The van der Waals surface area contributed by atoms with Gasteiger partial charge in [0.15, 0.2) is 0 Å². The van der Waals surface area contributed by atoms with Gasteiger partial charge in [0.1, 0.15) is 5.82 Å². The van der Waals surface area contributed by atoms with E-state index in [0.717, 1.165) is 5.69 Å². The van der Waals surface area contributed by atoms with Gasteiger partial charge in [0.2, 0.25) is 0 Å². The number of nitrogens with two attached hydrogens (primary N) is 1. The Morgan fingerprint density at radius 1 is 1.47 bits per heavy atom. The zero-order valence-electron chi connectivity index (χ0n) is 9.38. The number of carbonyl (C=O) groups is 1. The van der Waals surface area contributed by atoms with Crippen molar-refractivity contribution in [1.29, 1.82) is 0 Å². The van der Waals surface area contributed by atoms with E-state index >= 15 is 0 Å². The van der Waals surface area contributed by atoms with Gasteiger partial charge in [0, 0.05) is 12.3 Å². The lowest BCUT2D eigenvalue weighted by molar-refractivity contribution is 0.0695. The fourth-order valence-electron chi connectivity index (χ4n) is 1.45. The van der Waals surface area contributed by atoms with Gasteiger partial charge in [-0.05, 0) is 13.8 Å². The smallest absolute Gasteiger partial charge is 0.339 e. The Hall–Kier alpha value is -2.44. The van der Waals surface area contributed by atoms with Crippen molar-refractivity contribution < 1.29 is 9.90 Å². The summed E-state index contributed by atoms with van der Waals surface area (Å²) in [6.07, 6.45) is 1.25. The van der Waals surface area contributed by atoms with Crippen LogP contribution in [0.3, 0.4) is 0 Å². The predicted octanol–water partition coefficient (Wildman–Crippen LogP) is 0.560. The summed E-state index contributed by atoms with van der Waals surface area (Å²) in [7, 11) is 0. The lowest BCUT2D eigenvalue weighted by Crippen LogP contribution is -2.10. The first-order valence-electron chi connectivity index (χ1n) is 4.88. The molecule has 2 aromatic rings. The Morgan fingerprint density at radius 3 is 2.65 bits per heavy atom. The van der Waals surface area contributed by atoms with Crippen LogP contribution in [0.4, 0.5) is 5.82 Å². The molecule has 0 spiro atoms. The van der Waals surface area contributed by atoms with Gasteiger partial charge >= 0.3 is 5.97 Å². The predicted molar refractivity (Wildman–Crippen MR) is 60.0 cm³/mol. The molecule has 0 saturated carbocycles. The van der Waals surface area contributed by atoms with Gasteiger partial charge in [-0.25, -0.2) is 14.8 Å². The molecule has 7 heteroatoms. The average molecular weight is 233 g/mol. The summed E-state index contributed by atoms with van der Waals surface area (Å²) in [4.78, 5) is 18.8. The second-order valence-electron chi connectivity index (χ2n) is 3.60. The third kappa shape index (κ3) is 1.94. The largest absolute Gasteiger partial charge is 0.478 e. The number of hydrogen-bond donors (Lipinski definition) is 2. The molecule has 7 nitrogen and oxygen atoms in total. The first-order valence-corrected chi connectivity index (χ1v) is 4.88. The number of nitrogens with zero attached hydrogens (tertiary/aromatic N) is 4. The normalized spacial score (nSPS) is 10.5. The third-order valence-corrected chi connectivity index (χ3v) is 2.25. The minimum Gasteiger partial charge on any atom is -0.478 e. The molecule has 88 valence electrons. The van der Waals surface area contributed by atoms with Crippen molar-refractivity contribution in [2.24, 2.45) is 0 Å². The Morgan fingerprint density at radius 2 is 2.18 bits per heavy atom. The van der Waals surface area contributed by atoms with Gasteiger partial charge in [-0.15, -0.1) is 0 Å². The molecule has 0 atom stereocenters. The van der Waals surface area contributed by atoms with Crippen LogP contribution in [0.2, 0.25) is 0 Å². The molecule has 0 amide bonds. The van der Waals surface area contributed by atoms with Crippen LogP contribution >= 0.6 is 0 Å². The molecule has 0 aliphatic heterocycles. The van der Waals surface area contributed by atoms with E-state index in [9.17, 15) is 4.79 Å². The van der Waals surface area contributed by atoms with Gasteiger partial charge in [-0.1, -0.05) is 0 Å². The Kier molecular flexibility index (Phi) is 2.51. The van der Waals surface area contributed by atoms with Crippen molar-refractivity contribution in [1.82, 2.24) is 19.7 Å². The van der Waals surface area contributed by atoms with Crippen LogP contribution in [-0.2, 0) is 0 Å². The van der Waals surface area contributed by atoms with E-state index in [2.05, 4.69) is 15.1 Å². The summed E-state index contributed by atoms with van der Waals surface area (Å²) in [5, 5.41) is 13.0. The third-order valence-electron chi connectivity index (χ3n) is 2.25. The van der Waals surface area contributed by atoms with Crippen molar-refractivity contribution in [3.05, 3.63) is 29.2 Å². The molecule has 17 heavy (non-hydrogen) atoms. The summed E-state index contributed by atoms with van der Waals surface area (Å²) < 4.78 is 1.37. The minimum atomic E-state index is -1.06. The van der Waals surface area contributed by atoms with E-state index in [0.29, 0.717) is 11.5 Å². The molecule has 0 bridgehead atoms. The van der Waals surface area contributed by atoms with Crippen LogP contribution in [0.25, 0.3) is 5.95 Å². The highest BCUT2D eigenvalue weighted by Crippen LogP contribution is 2.12. The number of nitrogen functional groups attached to an aromatic ring is 1. The topological polar surface area (TPSA) is 107 Å². The molecule has 0 radical (unpaired) electrons. The van der Waals surface area contributed by atoms with E-state index < -0.39 is 5.97 Å². The molecule has 0 fully saturated rings. The first kappa shape index (κ1) is 11.1. The molecule has 0 aromatic carbocycles. The van der Waals surface area contributed by atoms with Crippen molar-refractivity contribution >= 4 is 11.8 Å². The second-order valence-corrected chi connectivity index (χ2v) is 3.60. The number of rotatable bonds is 2. The molecule has 0 aliphatic carbocycles. The summed E-state index contributed by atoms with van der Waals surface area (Å²) in [5.74, 6) is -0.387. The number of carboxylic acids is 1. The fraction of sp³-hybridized carbons (Fsp3) is 0.200. The van der Waals surface area contributed by atoms with Gasteiger partial charge < -0.3 is 10.8 Å². The zero-order valence-corrected chi connectivity index (χ0v) is 9.38. The van der Waals surface area contributed by atoms with Gasteiger partial charge in [0.25, 0.3) is 5.95 Å². The maximum atomic E-state index is 10.8. The summed E-state index contributed by atoms with van der Waals surface area (Å²) in [6, 6.07) is 1.68. The Labute approximate surface area is 96.9 Å². The van der Waals surface area contributed by atoms with E-state index in [1.165, 1.54) is 10.9 Å². The van der Waals surface area contributed by atoms with Gasteiger partial charge in [0.05, 0.1) is 17.0 Å². The number of aromatic nitrogens is 4. The summed E-state index contributed by atoms with van der Waals surface area (Å²) in [5.41, 5.74) is 6.90. The molecule has 0 saturated heterocycles. The lowest BCUT2D eigenvalue weighted by Gasteiger charge is -2.04. The first-order chi connectivity index (χ1) is 7.99. The Bertz CT molecular complexity index is 590. The maximum Gasteiger partial charge on any atom is 0.339 e. The fourth-order valence-corrected chi connectivity index (χ4v) is 1.45. The van der Waals surface area contributed by atoms with Crippen molar-refractivity contribution in [2.75, 3.05) is 5.73 Å². The lowest BCUT2D eigenvalue weighted by atomic mass is 10.2. The molecule has 0 unspecified atom stereocenters. The molecule has 3 N–H and O–H groups in total. The minimum absolute atomic E-state index is 0.0659. The maximum absolute atomic E-state index is 10.8. The van der Waals surface area contributed by atoms with Crippen molar-refractivity contribution in [3.63, 3.8) is 0 Å². The van der Waals surface area contributed by atoms with E-state index in [1.807, 2.05) is 0 Å². The number of hydrogen-bond acceptors (Lipinski definition) is 5. The second kappa shape index (κ2) is 3.85. The van der Waals surface area contributed by atoms with Gasteiger partial charge in [-0.2, -0.15) is 9.78 Å². The summed E-state index contributed by atoms with van der Waals surface area (Å²) >= 11 is 0. The van der Waals surface area contributed by atoms with Crippen LogP contribution < -0.4 is 5.73 Å². The number of carboxylic acid groups (broad SMARTS) is 1. The number of anilines is 1. The van der Waals surface area contributed by atoms with E-state index in [1.54, 1.807) is 19.9 Å². The van der Waals surface area contributed by atoms with Crippen LogP contribution in [-0.4, -0.2) is 30.8 Å². The van der Waals surface area contributed by atoms with E-state index in [4.69, 9.17) is 10.8 Å². The molecule has 0 aliphatic rings. The molecule has 2 aromatic heterocycles. The monoisotopic (exact) mass is 233 g/mol. The van der Waals surface area contributed by atoms with Crippen LogP contribution in [0.5, 0.6) is 0 Å². The average Bonchev–Trinajstić information content (AvgIpc) is 2.57. The van der Waals surface area contributed by atoms with E-state index in [-0.39, 0.29) is 11.5 Å². The SMILES string of the molecule is Cc1cc(N)n(-c2ncc(C(=O)O)c(C)n2)n1. The zero-order chi connectivity index (χ0) is 12.6. The van der Waals surface area contributed by atoms with Crippen LogP contribution in [0.1, 0.15) is 21.7 Å². The summed E-state index contributed by atoms with van der Waals surface area (Å²) in [6.45, 7) is 3.40. The highest BCUT2D eigenvalue weighted by molar-refractivity contribution is 5.88. The standard InChI is InChI=1S/C10H11N5O2/c1-5-3-8(11)15(14-5)10-12-4-7(9(16)17)6(2)13-10/h3-4H,11H2,1-2H3,(H,16,17).